The molecular formula is C13H18FNO2. The monoisotopic (exact) mass is 239 g/mol. The van der Waals surface area contributed by atoms with Gasteiger partial charge >= 0.3 is 0 Å². The Bertz CT molecular complexity index is 364. The van der Waals surface area contributed by atoms with Gasteiger partial charge in [0.1, 0.15) is 0 Å². The number of methoxy groups -OCH3 is 1. The fourth-order valence-corrected chi connectivity index (χ4v) is 2.00. The van der Waals surface area contributed by atoms with E-state index in [4.69, 9.17) is 9.47 Å². The summed E-state index contributed by atoms with van der Waals surface area (Å²) in [5, 5.41) is 3.26. The Hall–Kier alpha value is -1.13. The first kappa shape index (κ1) is 12.3. The van der Waals surface area contributed by atoms with Gasteiger partial charge in [0.05, 0.1) is 19.8 Å². The Kier molecular flexibility index (Phi) is 4.34. The van der Waals surface area contributed by atoms with Gasteiger partial charge in [0, 0.05) is 12.1 Å². The molecule has 94 valence electrons. The largest absolute Gasteiger partial charge is 0.494 e. The van der Waals surface area contributed by atoms with E-state index in [0.29, 0.717) is 12.2 Å². The van der Waals surface area contributed by atoms with Gasteiger partial charge in [0.15, 0.2) is 11.6 Å². The summed E-state index contributed by atoms with van der Waals surface area (Å²) in [5.41, 5.74) is 0.551. The zero-order chi connectivity index (χ0) is 12.1. The summed E-state index contributed by atoms with van der Waals surface area (Å²) in [6, 6.07) is 5.12. The van der Waals surface area contributed by atoms with Gasteiger partial charge in [-0.3, -0.25) is 0 Å². The van der Waals surface area contributed by atoms with Crippen molar-refractivity contribution < 1.29 is 13.9 Å². The number of halogens is 1. The Morgan fingerprint density at radius 2 is 2.35 bits per heavy atom. The van der Waals surface area contributed by atoms with Crippen molar-refractivity contribution in [3.05, 3.63) is 29.6 Å². The number of hydrogen-bond acceptors (Lipinski definition) is 3. The highest BCUT2D eigenvalue weighted by molar-refractivity contribution is 5.30. The molecule has 17 heavy (non-hydrogen) atoms. The molecule has 0 unspecified atom stereocenters. The number of piperidine rings is 1. The van der Waals surface area contributed by atoms with Crippen LogP contribution in [-0.2, 0) is 11.3 Å². The number of nitrogens with one attached hydrogen (secondary N) is 1. The molecule has 1 atom stereocenters. The standard InChI is InChI=1S/C13H18FNO2/c1-16-12-6-2-4-10(13(12)14)9-17-11-5-3-7-15-8-11/h2,4,6,11,15H,3,5,7-9H2,1H3/t11-/m0/s1. The number of ether oxygens (including phenoxy) is 2. The smallest absolute Gasteiger partial charge is 0.170 e. The van der Waals surface area contributed by atoms with E-state index in [1.807, 2.05) is 0 Å². The summed E-state index contributed by atoms with van der Waals surface area (Å²) in [6.45, 7) is 2.20. The Morgan fingerprint density at radius 3 is 3.06 bits per heavy atom. The van der Waals surface area contributed by atoms with E-state index < -0.39 is 0 Å². The van der Waals surface area contributed by atoms with Crippen LogP contribution in [0.4, 0.5) is 4.39 Å². The van der Waals surface area contributed by atoms with Crippen LogP contribution in [0.2, 0.25) is 0 Å². The van der Waals surface area contributed by atoms with Crippen LogP contribution >= 0.6 is 0 Å². The van der Waals surface area contributed by atoms with Crippen molar-refractivity contribution >= 4 is 0 Å². The van der Waals surface area contributed by atoms with E-state index in [1.54, 1.807) is 18.2 Å². The van der Waals surface area contributed by atoms with Gasteiger partial charge in [-0.2, -0.15) is 0 Å². The Labute approximate surface area is 101 Å². The Morgan fingerprint density at radius 1 is 1.47 bits per heavy atom. The molecule has 1 saturated heterocycles. The van der Waals surface area contributed by atoms with Crippen molar-refractivity contribution in [3.63, 3.8) is 0 Å². The van der Waals surface area contributed by atoms with Gasteiger partial charge in [-0.15, -0.1) is 0 Å². The van der Waals surface area contributed by atoms with Gasteiger partial charge in [0.25, 0.3) is 0 Å². The second kappa shape index (κ2) is 5.98. The minimum absolute atomic E-state index is 0.189. The molecule has 1 heterocycles. The van der Waals surface area contributed by atoms with E-state index in [1.165, 1.54) is 7.11 Å². The topological polar surface area (TPSA) is 30.5 Å². The summed E-state index contributed by atoms with van der Waals surface area (Å²) in [6.07, 6.45) is 2.35. The van der Waals surface area contributed by atoms with Crippen LogP contribution < -0.4 is 10.1 Å². The lowest BCUT2D eigenvalue weighted by molar-refractivity contribution is 0.0238. The van der Waals surface area contributed by atoms with Gasteiger partial charge < -0.3 is 14.8 Å². The lowest BCUT2D eigenvalue weighted by Gasteiger charge is -2.23. The van der Waals surface area contributed by atoms with Gasteiger partial charge in [-0.1, -0.05) is 12.1 Å². The molecule has 4 heteroatoms. The highest BCUT2D eigenvalue weighted by Crippen LogP contribution is 2.21. The third kappa shape index (κ3) is 3.17. The summed E-state index contributed by atoms with van der Waals surface area (Å²) in [7, 11) is 1.47. The van der Waals surface area contributed by atoms with Crippen LogP contribution in [0.1, 0.15) is 18.4 Å². The quantitative estimate of drug-likeness (QED) is 0.873. The molecule has 3 nitrogen and oxygen atoms in total. The van der Waals surface area contributed by atoms with Crippen molar-refractivity contribution in [2.75, 3.05) is 20.2 Å². The molecule has 0 radical (unpaired) electrons. The highest BCUT2D eigenvalue weighted by atomic mass is 19.1. The maximum absolute atomic E-state index is 13.8. The van der Waals surface area contributed by atoms with Crippen molar-refractivity contribution in [2.45, 2.75) is 25.6 Å². The molecule has 1 N–H and O–H groups in total. The number of rotatable bonds is 4. The van der Waals surface area contributed by atoms with Crippen LogP contribution in [-0.4, -0.2) is 26.3 Å². The molecule has 0 aromatic heterocycles. The summed E-state index contributed by atoms with van der Waals surface area (Å²) in [4.78, 5) is 0. The van der Waals surface area contributed by atoms with Crippen LogP contribution in [0.25, 0.3) is 0 Å². The first-order valence-corrected chi connectivity index (χ1v) is 5.95. The molecule has 1 fully saturated rings. The van der Waals surface area contributed by atoms with E-state index in [9.17, 15) is 4.39 Å². The maximum atomic E-state index is 13.8. The minimum atomic E-state index is -0.321. The van der Waals surface area contributed by atoms with Gasteiger partial charge in [-0.25, -0.2) is 4.39 Å². The first-order chi connectivity index (χ1) is 8.31. The van der Waals surface area contributed by atoms with Crippen molar-refractivity contribution in [1.82, 2.24) is 5.32 Å². The molecule has 2 rings (SSSR count). The molecule has 0 bridgehead atoms. The third-order valence-corrected chi connectivity index (χ3v) is 2.99. The second-order valence-corrected chi connectivity index (χ2v) is 4.21. The second-order valence-electron chi connectivity index (χ2n) is 4.21. The molecule has 1 aliphatic heterocycles. The summed E-state index contributed by atoms with van der Waals surface area (Å²) in [5.74, 6) is -0.0494. The number of benzene rings is 1. The molecule has 0 saturated carbocycles. The predicted octanol–water partition coefficient (Wildman–Crippen LogP) is 2.10. The van der Waals surface area contributed by atoms with E-state index in [0.717, 1.165) is 25.9 Å². The predicted molar refractivity (Wildman–Crippen MR) is 63.6 cm³/mol. The lowest BCUT2D eigenvalue weighted by atomic mass is 10.1. The molecule has 1 aromatic carbocycles. The van der Waals surface area contributed by atoms with Crippen LogP contribution in [0.5, 0.6) is 5.75 Å². The molecule has 1 aromatic rings. The molecule has 0 amide bonds. The lowest BCUT2D eigenvalue weighted by Crippen LogP contribution is -2.35. The normalized spacial score (nSPS) is 20.2. The fourth-order valence-electron chi connectivity index (χ4n) is 2.00. The van der Waals surface area contributed by atoms with E-state index >= 15 is 0 Å². The fraction of sp³-hybridized carbons (Fsp3) is 0.538. The highest BCUT2D eigenvalue weighted by Gasteiger charge is 2.15. The van der Waals surface area contributed by atoms with Gasteiger partial charge in [0.2, 0.25) is 0 Å². The first-order valence-electron chi connectivity index (χ1n) is 5.95. The molecule has 0 aliphatic carbocycles. The third-order valence-electron chi connectivity index (χ3n) is 2.99. The molecular weight excluding hydrogens is 221 g/mol. The average Bonchev–Trinajstić information content (AvgIpc) is 2.39. The summed E-state index contributed by atoms with van der Waals surface area (Å²) >= 11 is 0. The SMILES string of the molecule is COc1cccc(CO[C@H]2CCCNC2)c1F. The van der Waals surface area contributed by atoms with Crippen LogP contribution in [0, 0.1) is 5.82 Å². The van der Waals surface area contributed by atoms with E-state index in [2.05, 4.69) is 5.32 Å². The van der Waals surface area contributed by atoms with E-state index in [-0.39, 0.29) is 17.7 Å². The number of hydrogen-bond donors (Lipinski definition) is 1. The zero-order valence-electron chi connectivity index (χ0n) is 10.0. The van der Waals surface area contributed by atoms with Crippen molar-refractivity contribution in [1.29, 1.82) is 0 Å². The zero-order valence-corrected chi connectivity index (χ0v) is 10.0. The van der Waals surface area contributed by atoms with Crippen LogP contribution in [0.15, 0.2) is 18.2 Å². The molecule has 0 spiro atoms. The molecule has 1 aliphatic rings. The minimum Gasteiger partial charge on any atom is -0.494 e. The van der Waals surface area contributed by atoms with Crippen molar-refractivity contribution in [3.8, 4) is 5.75 Å². The van der Waals surface area contributed by atoms with Crippen molar-refractivity contribution in [2.24, 2.45) is 0 Å². The summed E-state index contributed by atoms with van der Waals surface area (Å²) < 4.78 is 24.4. The maximum Gasteiger partial charge on any atom is 0.170 e. The van der Waals surface area contributed by atoms with Gasteiger partial charge in [-0.05, 0) is 25.5 Å². The average molecular weight is 239 g/mol. The van der Waals surface area contributed by atoms with Crippen LogP contribution in [0.3, 0.4) is 0 Å². The Balaban J connectivity index is 1.93.